The number of carbonyl (C=O) groups excluding carboxylic acids is 2. The predicted octanol–water partition coefficient (Wildman–Crippen LogP) is 5.10. The van der Waals surface area contributed by atoms with E-state index < -0.39 is 0 Å². The highest BCUT2D eigenvalue weighted by Gasteiger charge is 2.21. The molecule has 2 heterocycles. The molecule has 0 saturated heterocycles. The highest BCUT2D eigenvalue weighted by Crippen LogP contribution is 2.37. The van der Waals surface area contributed by atoms with E-state index >= 15 is 0 Å². The van der Waals surface area contributed by atoms with Gasteiger partial charge in [0.05, 0.1) is 11.4 Å². The van der Waals surface area contributed by atoms with Crippen LogP contribution < -0.4 is 14.8 Å². The van der Waals surface area contributed by atoms with Crippen LogP contribution in [-0.2, 0) is 4.79 Å². The molecule has 9 heteroatoms. The minimum Gasteiger partial charge on any atom is -0.454 e. The third kappa shape index (κ3) is 4.29. The summed E-state index contributed by atoms with van der Waals surface area (Å²) < 4.78 is 24.0. The van der Waals surface area contributed by atoms with Gasteiger partial charge in [0, 0.05) is 28.0 Å². The molecule has 7 nitrogen and oxygen atoms in total. The first-order valence-corrected chi connectivity index (χ1v) is 11.4. The Bertz CT molecular complexity index is 1430. The Morgan fingerprint density at radius 2 is 1.71 bits per heavy atom. The number of benzene rings is 3. The third-order valence-electron chi connectivity index (χ3n) is 5.28. The highest BCUT2D eigenvalue weighted by molar-refractivity contribution is 8.00. The molecule has 4 aromatic rings. The van der Waals surface area contributed by atoms with Crippen molar-refractivity contribution in [2.75, 3.05) is 17.9 Å². The van der Waals surface area contributed by atoms with Gasteiger partial charge >= 0.3 is 0 Å². The predicted molar refractivity (Wildman–Crippen MR) is 127 cm³/mol. The van der Waals surface area contributed by atoms with Crippen LogP contribution in [0.25, 0.3) is 22.0 Å². The maximum absolute atomic E-state index is 13.3. The monoisotopic (exact) mass is 475 g/mol. The normalized spacial score (nSPS) is 12.1. The summed E-state index contributed by atoms with van der Waals surface area (Å²) in [6.45, 7) is 1.49. The van der Waals surface area contributed by atoms with E-state index in [4.69, 9.17) is 9.47 Å². The van der Waals surface area contributed by atoms with E-state index in [0.29, 0.717) is 33.5 Å². The fourth-order valence-corrected chi connectivity index (χ4v) is 4.44. The molecule has 0 aliphatic carbocycles. The molecule has 1 aliphatic rings. The molecule has 1 amide bonds. The van der Waals surface area contributed by atoms with Crippen molar-refractivity contribution in [2.45, 2.75) is 11.9 Å². The molecule has 1 aromatic heterocycles. The van der Waals surface area contributed by atoms with Gasteiger partial charge in [0.2, 0.25) is 12.7 Å². The molecule has 5 rings (SSSR count). The number of ketones is 1. The fourth-order valence-electron chi connectivity index (χ4n) is 3.66. The molecule has 0 unspecified atom stereocenters. The number of aromatic nitrogens is 2. The molecule has 0 saturated carbocycles. The maximum Gasteiger partial charge on any atom is 0.234 e. The van der Waals surface area contributed by atoms with Crippen molar-refractivity contribution >= 4 is 39.9 Å². The molecule has 3 aromatic carbocycles. The van der Waals surface area contributed by atoms with Crippen molar-refractivity contribution in [3.8, 4) is 22.8 Å². The van der Waals surface area contributed by atoms with Gasteiger partial charge in [-0.15, -0.1) is 10.2 Å². The second kappa shape index (κ2) is 9.11. The molecule has 0 radical (unpaired) electrons. The van der Waals surface area contributed by atoms with Crippen molar-refractivity contribution in [1.82, 2.24) is 10.2 Å². The Hall–Kier alpha value is -3.98. The van der Waals surface area contributed by atoms with E-state index in [1.807, 2.05) is 24.3 Å². The molecule has 34 heavy (non-hydrogen) atoms. The summed E-state index contributed by atoms with van der Waals surface area (Å²) in [5.74, 6) is 0.172. The lowest BCUT2D eigenvalue weighted by Crippen LogP contribution is -2.16. The number of nitrogens with zero attached hydrogens (tertiary/aromatic N) is 2. The Morgan fingerprint density at radius 3 is 2.44 bits per heavy atom. The van der Waals surface area contributed by atoms with Gasteiger partial charge in [0.25, 0.3) is 0 Å². The van der Waals surface area contributed by atoms with Crippen molar-refractivity contribution < 1.29 is 23.5 Å². The first-order chi connectivity index (χ1) is 16.5. The summed E-state index contributed by atoms with van der Waals surface area (Å²) in [7, 11) is 0. The van der Waals surface area contributed by atoms with Gasteiger partial charge in [0.1, 0.15) is 16.5 Å². The van der Waals surface area contributed by atoms with Gasteiger partial charge < -0.3 is 14.8 Å². The number of thioether (sulfide) groups is 1. The standard InChI is InChI=1S/C25H18FN3O4S/c1-14(30)19-10-21-22(33-13-32-21)11-20(19)27-23(31)12-34-25-18-5-3-2-4-17(18)24(28-29-25)15-6-8-16(26)9-7-15/h2-11H,12-13H2,1H3,(H,27,31). The molecule has 170 valence electrons. The molecule has 0 atom stereocenters. The summed E-state index contributed by atoms with van der Waals surface area (Å²) in [6.07, 6.45) is 0. The SMILES string of the molecule is CC(=O)c1cc2c(cc1NC(=O)CSc1nnc(-c3ccc(F)cc3)c3ccccc13)OCO2. The van der Waals surface area contributed by atoms with Gasteiger partial charge in [-0.05, 0) is 37.3 Å². The largest absolute Gasteiger partial charge is 0.454 e. The van der Waals surface area contributed by atoms with Crippen LogP contribution in [0.1, 0.15) is 17.3 Å². The molecular weight excluding hydrogens is 457 g/mol. The number of fused-ring (bicyclic) bond motifs is 2. The van der Waals surface area contributed by atoms with E-state index in [1.165, 1.54) is 30.8 Å². The van der Waals surface area contributed by atoms with Crippen LogP contribution in [0.3, 0.4) is 0 Å². The van der Waals surface area contributed by atoms with E-state index in [9.17, 15) is 14.0 Å². The number of rotatable bonds is 6. The summed E-state index contributed by atoms with van der Waals surface area (Å²) in [6, 6.07) is 16.8. The Labute approximate surface area is 198 Å². The first-order valence-electron chi connectivity index (χ1n) is 10.4. The minimum atomic E-state index is -0.324. The number of carbonyl (C=O) groups is 2. The van der Waals surface area contributed by atoms with Crippen LogP contribution in [0.15, 0.2) is 65.7 Å². The van der Waals surface area contributed by atoms with Crippen molar-refractivity contribution in [2.24, 2.45) is 0 Å². The number of Topliss-reactive ketones (excluding diaryl/α,β-unsaturated/α-hetero) is 1. The third-order valence-corrected chi connectivity index (χ3v) is 6.26. The van der Waals surface area contributed by atoms with Crippen molar-refractivity contribution in [3.63, 3.8) is 0 Å². The van der Waals surface area contributed by atoms with Gasteiger partial charge in [0.15, 0.2) is 17.3 Å². The maximum atomic E-state index is 13.3. The van der Waals surface area contributed by atoms with Gasteiger partial charge in [-0.1, -0.05) is 36.0 Å². The van der Waals surface area contributed by atoms with Crippen LogP contribution in [0.4, 0.5) is 10.1 Å². The van der Waals surface area contributed by atoms with Gasteiger partial charge in [-0.3, -0.25) is 9.59 Å². The van der Waals surface area contributed by atoms with Crippen molar-refractivity contribution in [3.05, 3.63) is 72.0 Å². The molecule has 1 N–H and O–H groups in total. The second-order valence-electron chi connectivity index (χ2n) is 7.55. The number of hydrogen-bond acceptors (Lipinski definition) is 7. The van der Waals surface area contributed by atoms with E-state index in [0.717, 1.165) is 16.3 Å². The number of halogens is 1. The zero-order chi connectivity index (χ0) is 23.7. The lowest BCUT2D eigenvalue weighted by Gasteiger charge is -2.11. The highest BCUT2D eigenvalue weighted by atomic mass is 32.2. The lowest BCUT2D eigenvalue weighted by atomic mass is 10.1. The molecular formula is C25H18FN3O4S. The van der Waals surface area contributed by atoms with Crippen molar-refractivity contribution in [1.29, 1.82) is 0 Å². The minimum absolute atomic E-state index is 0.0559. The van der Waals surface area contributed by atoms with Gasteiger partial charge in [-0.25, -0.2) is 4.39 Å². The number of nitrogens with one attached hydrogen (secondary N) is 1. The second-order valence-corrected chi connectivity index (χ2v) is 8.51. The lowest BCUT2D eigenvalue weighted by molar-refractivity contribution is -0.113. The smallest absolute Gasteiger partial charge is 0.234 e. The van der Waals surface area contributed by atoms with Crippen LogP contribution in [0, 0.1) is 5.82 Å². The summed E-state index contributed by atoms with van der Waals surface area (Å²) in [5.41, 5.74) is 2.09. The van der Waals surface area contributed by atoms with Gasteiger partial charge in [-0.2, -0.15) is 0 Å². The Morgan fingerprint density at radius 1 is 1.00 bits per heavy atom. The number of anilines is 1. The number of amides is 1. The van der Waals surface area contributed by atoms with Crippen LogP contribution in [-0.4, -0.2) is 34.4 Å². The molecule has 0 fully saturated rings. The van der Waals surface area contributed by atoms with Crippen LogP contribution in [0.5, 0.6) is 11.5 Å². The summed E-state index contributed by atoms with van der Waals surface area (Å²) >= 11 is 1.24. The number of hydrogen-bond donors (Lipinski definition) is 1. The van der Waals surface area contributed by atoms with E-state index in [-0.39, 0.29) is 30.1 Å². The fraction of sp³-hybridized carbons (Fsp3) is 0.120. The van der Waals surface area contributed by atoms with Crippen LogP contribution >= 0.6 is 11.8 Å². The quantitative estimate of drug-likeness (QED) is 0.307. The molecule has 1 aliphatic heterocycles. The average Bonchev–Trinajstić information content (AvgIpc) is 3.30. The van der Waals surface area contributed by atoms with Crippen LogP contribution in [0.2, 0.25) is 0 Å². The average molecular weight is 476 g/mol. The zero-order valence-electron chi connectivity index (χ0n) is 18.0. The topological polar surface area (TPSA) is 90.4 Å². The zero-order valence-corrected chi connectivity index (χ0v) is 18.8. The van der Waals surface area contributed by atoms with E-state index in [1.54, 1.807) is 24.3 Å². The number of ether oxygens (including phenoxy) is 2. The summed E-state index contributed by atoms with van der Waals surface area (Å²) in [5, 5.41) is 13.7. The Kier molecular flexibility index (Phi) is 5.85. The molecule has 0 spiro atoms. The molecule has 0 bridgehead atoms. The van der Waals surface area contributed by atoms with E-state index in [2.05, 4.69) is 15.5 Å². The first kappa shape index (κ1) is 21.8. The summed E-state index contributed by atoms with van der Waals surface area (Å²) in [4.78, 5) is 24.8. The Balaban J connectivity index is 1.37.